The van der Waals surface area contributed by atoms with Gasteiger partial charge in [-0.25, -0.2) is 4.98 Å². The highest BCUT2D eigenvalue weighted by Gasteiger charge is 2.33. The van der Waals surface area contributed by atoms with Crippen molar-refractivity contribution in [1.29, 1.82) is 0 Å². The Bertz CT molecular complexity index is 1410. The standard InChI is InChI=1S/C25H28N6O4/c1-26-23-9-18(28-24-15(10-27-31(23)24)25(33)29-17-7-8-21(17)32)16-11-30(19-6-4-3-5-14(16)19)20-12-35-13-22(20)34-2/h3-6,9-11,17,20-22,26,32H,7-8,12-13H2,1-2H3,(H,29,33)/t17-,20+,21+,22+/m0/s1. The topological polar surface area (TPSA) is 115 Å². The largest absolute Gasteiger partial charge is 0.391 e. The second kappa shape index (κ2) is 8.63. The average molecular weight is 477 g/mol. The van der Waals surface area contributed by atoms with Crippen molar-refractivity contribution in [2.24, 2.45) is 0 Å². The molecular formula is C25H28N6O4. The first-order valence-corrected chi connectivity index (χ1v) is 11.8. The van der Waals surface area contributed by atoms with E-state index in [4.69, 9.17) is 14.5 Å². The molecule has 2 fully saturated rings. The number of anilines is 1. The normalized spacial score (nSPS) is 24.1. The number of hydrogen-bond acceptors (Lipinski definition) is 7. The lowest BCUT2D eigenvalue weighted by Gasteiger charge is -2.32. The summed E-state index contributed by atoms with van der Waals surface area (Å²) in [5, 5.41) is 21.4. The van der Waals surface area contributed by atoms with Crippen LogP contribution in [0.3, 0.4) is 0 Å². The van der Waals surface area contributed by atoms with Gasteiger partial charge in [-0.1, -0.05) is 18.2 Å². The maximum Gasteiger partial charge on any atom is 0.257 e. The van der Waals surface area contributed by atoms with Crippen LogP contribution in [-0.4, -0.2) is 75.8 Å². The third-order valence-electron chi connectivity index (χ3n) is 7.20. The lowest BCUT2D eigenvalue weighted by Crippen LogP contribution is -2.50. The molecule has 1 saturated carbocycles. The van der Waals surface area contributed by atoms with Crippen molar-refractivity contribution < 1.29 is 19.4 Å². The van der Waals surface area contributed by atoms with Crippen LogP contribution in [0.1, 0.15) is 29.2 Å². The van der Waals surface area contributed by atoms with Crippen molar-refractivity contribution in [3.63, 3.8) is 0 Å². The molecule has 1 amide bonds. The molecule has 3 N–H and O–H groups in total. The van der Waals surface area contributed by atoms with Crippen LogP contribution in [0.25, 0.3) is 27.8 Å². The molecule has 10 nitrogen and oxygen atoms in total. The minimum absolute atomic E-state index is 0.0334. The Morgan fingerprint density at radius 1 is 1.26 bits per heavy atom. The number of fused-ring (bicyclic) bond motifs is 2. The lowest BCUT2D eigenvalue weighted by atomic mass is 9.89. The van der Waals surface area contributed by atoms with Gasteiger partial charge in [-0.15, -0.1) is 0 Å². The molecule has 1 aromatic carbocycles. The Morgan fingerprint density at radius 3 is 2.86 bits per heavy atom. The number of nitrogens with zero attached hydrogens (tertiary/aromatic N) is 4. The van der Waals surface area contributed by atoms with Crippen LogP contribution in [0.5, 0.6) is 0 Å². The quantitative estimate of drug-likeness (QED) is 0.391. The molecule has 4 atom stereocenters. The summed E-state index contributed by atoms with van der Waals surface area (Å²) in [6.45, 7) is 1.13. The SMILES string of the molecule is CNc1cc(-c2cn([C@@H]3COC[C@H]3OC)c3ccccc23)nc2c(C(=O)N[C@H]3CC[C@H]3O)cnn12. The van der Waals surface area contributed by atoms with Crippen LogP contribution in [0.4, 0.5) is 5.82 Å². The summed E-state index contributed by atoms with van der Waals surface area (Å²) in [7, 11) is 3.52. The van der Waals surface area contributed by atoms with Gasteiger partial charge in [-0.3, -0.25) is 4.79 Å². The van der Waals surface area contributed by atoms with Gasteiger partial charge in [0.25, 0.3) is 5.91 Å². The molecule has 1 aliphatic heterocycles. The predicted molar refractivity (Wildman–Crippen MR) is 131 cm³/mol. The summed E-state index contributed by atoms with van der Waals surface area (Å²) >= 11 is 0. The maximum atomic E-state index is 13.0. The molecule has 0 spiro atoms. The van der Waals surface area contributed by atoms with Crippen molar-refractivity contribution in [2.45, 2.75) is 37.1 Å². The van der Waals surface area contributed by atoms with Gasteiger partial charge in [0.2, 0.25) is 0 Å². The summed E-state index contributed by atoms with van der Waals surface area (Å²) in [5.41, 5.74) is 3.56. The first kappa shape index (κ1) is 22.0. The van der Waals surface area contributed by atoms with E-state index < -0.39 is 6.10 Å². The maximum absolute atomic E-state index is 13.0. The van der Waals surface area contributed by atoms with E-state index in [9.17, 15) is 9.90 Å². The predicted octanol–water partition coefficient (Wildman–Crippen LogP) is 2.23. The Balaban J connectivity index is 1.47. The Hall–Kier alpha value is -3.47. The van der Waals surface area contributed by atoms with Gasteiger partial charge in [-0.2, -0.15) is 9.61 Å². The first-order valence-electron chi connectivity index (χ1n) is 11.8. The number of carbonyl (C=O) groups is 1. The fourth-order valence-corrected chi connectivity index (χ4v) is 5.03. The Kier molecular flexibility index (Phi) is 5.43. The molecule has 4 aromatic rings. The van der Waals surface area contributed by atoms with Gasteiger partial charge >= 0.3 is 0 Å². The molecule has 1 saturated heterocycles. The van der Waals surface area contributed by atoms with E-state index in [1.54, 1.807) is 11.6 Å². The molecule has 0 unspecified atom stereocenters. The van der Waals surface area contributed by atoms with Gasteiger partial charge in [0, 0.05) is 42.9 Å². The van der Waals surface area contributed by atoms with Crippen LogP contribution < -0.4 is 10.6 Å². The van der Waals surface area contributed by atoms with Crippen molar-refractivity contribution in [3.05, 3.63) is 48.3 Å². The molecule has 6 rings (SSSR count). The molecule has 4 heterocycles. The molecule has 3 aromatic heterocycles. The summed E-state index contributed by atoms with van der Waals surface area (Å²) in [5.74, 6) is 0.424. The smallest absolute Gasteiger partial charge is 0.257 e. The number of aliphatic hydroxyl groups excluding tert-OH is 1. The molecule has 1 aliphatic carbocycles. The van der Waals surface area contributed by atoms with Crippen LogP contribution in [0, 0.1) is 0 Å². The molecule has 35 heavy (non-hydrogen) atoms. The van der Waals surface area contributed by atoms with Crippen LogP contribution >= 0.6 is 0 Å². The van der Waals surface area contributed by atoms with Gasteiger partial charge in [0.15, 0.2) is 5.65 Å². The number of aromatic nitrogens is 4. The van der Waals surface area contributed by atoms with Gasteiger partial charge in [0.1, 0.15) is 17.5 Å². The molecule has 0 radical (unpaired) electrons. The molecule has 2 aliphatic rings. The van der Waals surface area contributed by atoms with Crippen molar-refractivity contribution in [3.8, 4) is 11.3 Å². The van der Waals surface area contributed by atoms with E-state index in [1.165, 1.54) is 6.20 Å². The Labute approximate surface area is 201 Å². The second-order valence-corrected chi connectivity index (χ2v) is 9.14. The summed E-state index contributed by atoms with van der Waals surface area (Å²) < 4.78 is 15.2. The zero-order chi connectivity index (χ0) is 24.1. The number of ether oxygens (including phenoxy) is 2. The summed E-state index contributed by atoms with van der Waals surface area (Å²) in [4.78, 5) is 17.9. The third-order valence-corrected chi connectivity index (χ3v) is 7.20. The number of para-hydroxylation sites is 1. The second-order valence-electron chi connectivity index (χ2n) is 9.14. The van der Waals surface area contributed by atoms with Gasteiger partial charge < -0.3 is 29.8 Å². The van der Waals surface area contributed by atoms with E-state index in [0.717, 1.165) is 28.6 Å². The van der Waals surface area contributed by atoms with E-state index >= 15 is 0 Å². The van der Waals surface area contributed by atoms with Crippen molar-refractivity contribution in [2.75, 3.05) is 32.7 Å². The molecule has 182 valence electrons. The highest BCUT2D eigenvalue weighted by Crippen LogP contribution is 2.36. The number of methoxy groups -OCH3 is 1. The van der Waals surface area contributed by atoms with Crippen molar-refractivity contribution in [1.82, 2.24) is 24.5 Å². The number of aliphatic hydroxyl groups is 1. The van der Waals surface area contributed by atoms with E-state index in [2.05, 4.69) is 38.6 Å². The zero-order valence-electron chi connectivity index (χ0n) is 19.6. The minimum atomic E-state index is -0.501. The number of carbonyl (C=O) groups excluding carboxylic acids is 1. The number of rotatable bonds is 6. The summed E-state index contributed by atoms with van der Waals surface area (Å²) in [6.07, 6.45) is 4.55. The molecule has 0 bridgehead atoms. The first-order chi connectivity index (χ1) is 17.1. The van der Waals surface area contributed by atoms with Gasteiger partial charge in [0.05, 0.1) is 43.3 Å². The van der Waals surface area contributed by atoms with E-state index in [1.807, 2.05) is 25.2 Å². The van der Waals surface area contributed by atoms with Crippen LogP contribution in [0.15, 0.2) is 42.7 Å². The van der Waals surface area contributed by atoms with Crippen molar-refractivity contribution >= 4 is 28.3 Å². The monoisotopic (exact) mass is 476 g/mol. The number of benzene rings is 1. The van der Waals surface area contributed by atoms with Gasteiger partial charge in [-0.05, 0) is 18.9 Å². The number of nitrogens with one attached hydrogen (secondary N) is 2. The fourth-order valence-electron chi connectivity index (χ4n) is 5.03. The average Bonchev–Trinajstić information content (AvgIpc) is 3.61. The minimum Gasteiger partial charge on any atom is -0.391 e. The summed E-state index contributed by atoms with van der Waals surface area (Å²) in [6, 6.07) is 9.94. The highest BCUT2D eigenvalue weighted by atomic mass is 16.5. The third kappa shape index (κ3) is 3.56. The van der Waals surface area contributed by atoms with E-state index in [-0.39, 0.29) is 24.1 Å². The fraction of sp³-hybridized carbons (Fsp3) is 0.400. The number of amides is 1. The molecular weight excluding hydrogens is 448 g/mol. The lowest BCUT2D eigenvalue weighted by molar-refractivity contribution is 0.0448. The molecule has 10 heteroatoms. The Morgan fingerprint density at radius 2 is 2.11 bits per heavy atom. The van der Waals surface area contributed by atoms with Crippen LogP contribution in [-0.2, 0) is 9.47 Å². The van der Waals surface area contributed by atoms with E-state index in [0.29, 0.717) is 36.7 Å². The van der Waals surface area contributed by atoms with Crippen LogP contribution in [0.2, 0.25) is 0 Å². The zero-order valence-corrected chi connectivity index (χ0v) is 19.6. The highest BCUT2D eigenvalue weighted by molar-refractivity contribution is 6.01. The number of hydrogen-bond donors (Lipinski definition) is 3.